The van der Waals surface area contributed by atoms with Gasteiger partial charge in [-0.15, -0.1) is 11.3 Å². The van der Waals surface area contributed by atoms with Crippen LogP contribution in [0.1, 0.15) is 12.6 Å². The maximum absolute atomic E-state index is 12.3. The lowest BCUT2D eigenvalue weighted by Gasteiger charge is -2.42. The average molecular weight is 391 g/mol. The molecule has 1 aliphatic rings. The van der Waals surface area contributed by atoms with Crippen LogP contribution in [0, 0.1) is 0 Å². The number of β-lactam (4-membered cyclic amide) rings is 1. The van der Waals surface area contributed by atoms with Crippen molar-refractivity contribution in [2.75, 3.05) is 12.8 Å². The average Bonchev–Trinajstić information content (AvgIpc) is 2.91. The second-order valence-electron chi connectivity index (χ2n) is 4.81. The van der Waals surface area contributed by atoms with Crippen molar-refractivity contribution in [1.82, 2.24) is 14.6 Å². The van der Waals surface area contributed by atoms with Gasteiger partial charge in [-0.2, -0.15) is 8.42 Å². The van der Waals surface area contributed by atoms with E-state index < -0.39 is 40.0 Å². The Morgan fingerprint density at radius 3 is 2.60 bits per heavy atom. The molecule has 14 heteroatoms. The topological polar surface area (TPSA) is 181 Å². The van der Waals surface area contributed by atoms with Crippen molar-refractivity contribution >= 4 is 50.1 Å². The number of carbonyl (C=O) groups is 3. The molecule has 0 unspecified atom stereocenters. The summed E-state index contributed by atoms with van der Waals surface area (Å²) in [6, 6.07) is -3.04. The molecule has 4 N–H and O–H groups in total. The summed E-state index contributed by atoms with van der Waals surface area (Å²) in [6.07, 6.45) is 0. The van der Waals surface area contributed by atoms with Gasteiger partial charge in [0, 0.05) is 5.38 Å². The monoisotopic (exact) mass is 391 g/mol. The highest BCUT2D eigenvalue weighted by molar-refractivity contribution is 7.84. The van der Waals surface area contributed by atoms with Crippen LogP contribution < -0.4 is 11.1 Å². The molecule has 0 radical (unpaired) electrons. The molecule has 1 fully saturated rings. The SMILES string of the molecule is CO/N=C(\C(=O)N[C@H]1C(=O)N(S(=O)(=O)O)[C@H]1C(C)=O)c1csc(N)n1. The minimum atomic E-state index is -4.93. The van der Waals surface area contributed by atoms with Gasteiger partial charge < -0.3 is 15.9 Å². The predicted molar refractivity (Wildman–Crippen MR) is 84.9 cm³/mol. The largest absolute Gasteiger partial charge is 0.398 e. The lowest BCUT2D eigenvalue weighted by molar-refractivity contribution is -0.150. The maximum atomic E-state index is 12.3. The summed E-state index contributed by atoms with van der Waals surface area (Å²) in [5.41, 5.74) is 5.23. The second-order valence-corrected chi connectivity index (χ2v) is 6.99. The van der Waals surface area contributed by atoms with Gasteiger partial charge in [0.1, 0.15) is 24.9 Å². The molecule has 136 valence electrons. The third-order valence-electron chi connectivity index (χ3n) is 3.17. The van der Waals surface area contributed by atoms with E-state index in [9.17, 15) is 22.8 Å². The minimum absolute atomic E-state index is 0.00571. The standard InChI is InChI=1S/C11H13N5O7S2/c1-4(17)8-7(10(19)16(8)25(20,21)22)14-9(18)6(15-23-2)5-3-24-11(12)13-5/h3,7-8H,1-2H3,(H2,12,13)(H,14,18)(H,20,21,22)/b15-6-/t7-,8+/m1/s1. The van der Waals surface area contributed by atoms with E-state index in [2.05, 4.69) is 20.3 Å². The molecule has 2 atom stereocenters. The molecule has 2 amide bonds. The number of nitrogen functional groups attached to an aromatic ring is 1. The molecule has 1 aromatic rings. The number of amides is 2. The Balaban J connectivity index is 2.25. The number of thiazole rings is 1. The van der Waals surface area contributed by atoms with Gasteiger partial charge >= 0.3 is 10.3 Å². The summed E-state index contributed by atoms with van der Waals surface area (Å²) in [5.74, 6) is -2.84. The third-order valence-corrected chi connectivity index (χ3v) is 4.74. The van der Waals surface area contributed by atoms with E-state index in [1.807, 2.05) is 0 Å². The number of oxime groups is 1. The molecule has 2 heterocycles. The lowest BCUT2D eigenvalue weighted by Crippen LogP contribution is -2.74. The quantitative estimate of drug-likeness (QED) is 0.217. The van der Waals surface area contributed by atoms with Gasteiger partial charge in [-0.1, -0.05) is 5.16 Å². The number of nitrogens with two attached hydrogens (primary N) is 1. The number of nitrogens with one attached hydrogen (secondary N) is 1. The van der Waals surface area contributed by atoms with Crippen molar-refractivity contribution in [1.29, 1.82) is 0 Å². The zero-order valence-corrected chi connectivity index (χ0v) is 14.5. The number of ketones is 1. The van der Waals surface area contributed by atoms with E-state index >= 15 is 0 Å². The van der Waals surface area contributed by atoms with Gasteiger partial charge in [-0.05, 0) is 6.92 Å². The van der Waals surface area contributed by atoms with E-state index in [1.54, 1.807) is 0 Å². The van der Waals surface area contributed by atoms with E-state index in [0.717, 1.165) is 18.3 Å². The summed E-state index contributed by atoms with van der Waals surface area (Å²) in [4.78, 5) is 44.2. The van der Waals surface area contributed by atoms with Crippen molar-refractivity contribution in [3.8, 4) is 0 Å². The Kier molecular flexibility index (Phi) is 5.05. The fraction of sp³-hybridized carbons (Fsp3) is 0.364. The Bertz CT molecular complexity index is 862. The Morgan fingerprint density at radius 1 is 1.52 bits per heavy atom. The van der Waals surface area contributed by atoms with Gasteiger partial charge in [-0.3, -0.25) is 18.9 Å². The van der Waals surface area contributed by atoms with Crippen LogP contribution >= 0.6 is 11.3 Å². The van der Waals surface area contributed by atoms with Crippen LogP contribution in [0.5, 0.6) is 0 Å². The van der Waals surface area contributed by atoms with Crippen LogP contribution in [-0.2, 0) is 29.5 Å². The number of hydrogen-bond acceptors (Lipinski definition) is 10. The Hall–Kier alpha value is -2.58. The summed E-state index contributed by atoms with van der Waals surface area (Å²) < 4.78 is 31.3. The normalized spacial score (nSPS) is 20.8. The van der Waals surface area contributed by atoms with Gasteiger partial charge in [0.25, 0.3) is 11.8 Å². The van der Waals surface area contributed by atoms with Crippen molar-refractivity contribution in [2.24, 2.45) is 5.16 Å². The number of anilines is 1. The molecule has 1 saturated heterocycles. The highest BCUT2D eigenvalue weighted by atomic mass is 32.2. The number of aromatic nitrogens is 1. The van der Waals surface area contributed by atoms with E-state index in [0.29, 0.717) is 0 Å². The van der Waals surface area contributed by atoms with Crippen LogP contribution in [0.2, 0.25) is 0 Å². The molecule has 1 aliphatic heterocycles. The van der Waals surface area contributed by atoms with Crippen molar-refractivity contribution in [3.05, 3.63) is 11.1 Å². The second kappa shape index (κ2) is 6.73. The third kappa shape index (κ3) is 3.59. The van der Waals surface area contributed by atoms with E-state index in [1.165, 1.54) is 12.5 Å². The molecule has 0 spiro atoms. The fourth-order valence-corrected chi connectivity index (χ4v) is 3.61. The molecule has 0 saturated carbocycles. The summed E-state index contributed by atoms with van der Waals surface area (Å²) in [6.45, 7) is 1.01. The van der Waals surface area contributed by atoms with Crippen molar-refractivity contribution in [3.63, 3.8) is 0 Å². The number of nitrogens with zero attached hydrogens (tertiary/aromatic N) is 3. The zero-order chi connectivity index (χ0) is 18.9. The number of rotatable bonds is 6. The molecule has 1 aromatic heterocycles. The number of Topliss-reactive ketones (excluding diaryl/α,β-unsaturated/α-hetero) is 1. The first kappa shape index (κ1) is 18.8. The predicted octanol–water partition coefficient (Wildman–Crippen LogP) is -1.84. The molecule has 12 nitrogen and oxygen atoms in total. The first-order valence-corrected chi connectivity index (χ1v) is 8.80. The highest BCUT2D eigenvalue weighted by Crippen LogP contribution is 2.24. The van der Waals surface area contributed by atoms with E-state index in [4.69, 9.17) is 10.3 Å². The first-order chi connectivity index (χ1) is 11.6. The molecule has 2 rings (SSSR count). The molecule has 0 aromatic carbocycles. The van der Waals surface area contributed by atoms with E-state index in [-0.39, 0.29) is 20.8 Å². The Labute approximate surface area is 145 Å². The molecular formula is C11H13N5O7S2. The highest BCUT2D eigenvalue weighted by Gasteiger charge is 2.56. The molecule has 25 heavy (non-hydrogen) atoms. The minimum Gasteiger partial charge on any atom is -0.398 e. The number of carbonyl (C=O) groups excluding carboxylic acids is 3. The number of hydrogen-bond donors (Lipinski definition) is 3. The fourth-order valence-electron chi connectivity index (χ4n) is 2.16. The van der Waals surface area contributed by atoms with Crippen molar-refractivity contribution in [2.45, 2.75) is 19.0 Å². The maximum Gasteiger partial charge on any atom is 0.363 e. The van der Waals surface area contributed by atoms with Crippen molar-refractivity contribution < 1.29 is 32.2 Å². The molecular weight excluding hydrogens is 378 g/mol. The van der Waals surface area contributed by atoms with Gasteiger partial charge in [0.15, 0.2) is 16.6 Å². The molecule has 0 bridgehead atoms. The smallest absolute Gasteiger partial charge is 0.363 e. The first-order valence-electron chi connectivity index (χ1n) is 6.52. The van der Waals surface area contributed by atoms with Gasteiger partial charge in [-0.25, -0.2) is 9.29 Å². The molecule has 0 aliphatic carbocycles. The summed E-state index contributed by atoms with van der Waals surface area (Å²) >= 11 is 1.03. The van der Waals surface area contributed by atoms with Gasteiger partial charge in [0.2, 0.25) is 0 Å². The van der Waals surface area contributed by atoms with Crippen LogP contribution in [0.4, 0.5) is 5.13 Å². The lowest BCUT2D eigenvalue weighted by atomic mass is 9.95. The summed E-state index contributed by atoms with van der Waals surface area (Å²) in [7, 11) is -3.75. The van der Waals surface area contributed by atoms with Crippen LogP contribution in [-0.4, -0.2) is 64.8 Å². The van der Waals surface area contributed by atoms with Crippen LogP contribution in [0.3, 0.4) is 0 Å². The Morgan fingerprint density at radius 2 is 2.16 bits per heavy atom. The summed E-state index contributed by atoms with van der Waals surface area (Å²) in [5, 5.41) is 7.25. The van der Waals surface area contributed by atoms with Crippen LogP contribution in [0.15, 0.2) is 10.5 Å². The van der Waals surface area contributed by atoms with Crippen LogP contribution in [0.25, 0.3) is 0 Å². The zero-order valence-electron chi connectivity index (χ0n) is 12.9. The van der Waals surface area contributed by atoms with Gasteiger partial charge in [0.05, 0.1) is 0 Å².